The quantitative estimate of drug-likeness (QED) is 0.272. The van der Waals surface area contributed by atoms with Crippen LogP contribution >= 0.6 is 0 Å². The molecule has 3 aromatic rings. The van der Waals surface area contributed by atoms with E-state index in [4.69, 9.17) is 9.47 Å². The van der Waals surface area contributed by atoms with Crippen LogP contribution in [0, 0.1) is 5.82 Å². The Morgan fingerprint density at radius 3 is 2.54 bits per heavy atom. The van der Waals surface area contributed by atoms with Crippen LogP contribution in [0.15, 0.2) is 66.7 Å². The Morgan fingerprint density at radius 1 is 1.05 bits per heavy atom. The lowest BCUT2D eigenvalue weighted by Gasteiger charge is -2.29. The highest BCUT2D eigenvalue weighted by Gasteiger charge is 2.40. The van der Waals surface area contributed by atoms with Crippen molar-refractivity contribution in [3.63, 3.8) is 0 Å². The Bertz CT molecular complexity index is 1370. The third-order valence-electron chi connectivity index (χ3n) is 6.76. The number of halogens is 1. The summed E-state index contributed by atoms with van der Waals surface area (Å²) in [6.45, 7) is 0.848. The number of carbonyl (C=O) groups is 3. The number of fused-ring (bicyclic) bond motifs is 1. The number of rotatable bonds is 10. The molecule has 1 saturated heterocycles. The smallest absolute Gasteiger partial charge is 0.258 e. The maximum Gasteiger partial charge on any atom is 0.258 e. The van der Waals surface area contributed by atoms with Crippen molar-refractivity contribution in [2.45, 2.75) is 44.9 Å². The third-order valence-corrected chi connectivity index (χ3v) is 6.76. The zero-order valence-electron chi connectivity index (χ0n) is 21.4. The minimum Gasteiger partial charge on any atom is -0.489 e. The van der Waals surface area contributed by atoms with E-state index >= 15 is 0 Å². The van der Waals surface area contributed by atoms with Crippen LogP contribution in [-0.4, -0.2) is 42.1 Å². The molecule has 1 fully saturated rings. The van der Waals surface area contributed by atoms with Gasteiger partial charge in [-0.2, -0.15) is 0 Å². The molecular weight excluding hydrogens is 503 g/mol. The SMILES string of the molecule is COC(NCc1cc(F)c2c(c1)CN(C1CCC(=O)NC1=O)C2=O)Nc1ccc(OCc2ccccc2)cc1. The lowest BCUT2D eigenvalue weighted by atomic mass is 10.0. The summed E-state index contributed by atoms with van der Waals surface area (Å²) in [5.41, 5.74) is 2.98. The predicted octanol–water partition coefficient (Wildman–Crippen LogP) is 3.30. The van der Waals surface area contributed by atoms with Crippen molar-refractivity contribution >= 4 is 23.4 Å². The van der Waals surface area contributed by atoms with E-state index in [1.165, 1.54) is 11.0 Å². The van der Waals surface area contributed by atoms with Gasteiger partial charge in [-0.3, -0.25) is 25.0 Å². The number of amides is 3. The monoisotopic (exact) mass is 532 g/mol. The average Bonchev–Trinajstić information content (AvgIpc) is 3.27. The van der Waals surface area contributed by atoms with E-state index in [2.05, 4.69) is 16.0 Å². The number of carbonyl (C=O) groups excluding carboxylic acids is 3. The van der Waals surface area contributed by atoms with Crippen LogP contribution in [0.1, 0.15) is 39.9 Å². The number of hydrogen-bond donors (Lipinski definition) is 3. The number of hydrogen-bond acceptors (Lipinski definition) is 7. The summed E-state index contributed by atoms with van der Waals surface area (Å²) in [6, 6.07) is 19.6. The van der Waals surface area contributed by atoms with Gasteiger partial charge in [0, 0.05) is 32.3 Å². The minimum absolute atomic E-state index is 0.0283. The number of benzene rings is 3. The molecule has 0 aromatic heterocycles. The maximum atomic E-state index is 15.0. The van der Waals surface area contributed by atoms with Crippen LogP contribution in [0.5, 0.6) is 5.75 Å². The maximum absolute atomic E-state index is 15.0. The topological polar surface area (TPSA) is 109 Å². The van der Waals surface area contributed by atoms with Crippen molar-refractivity contribution in [3.05, 3.63) is 94.8 Å². The van der Waals surface area contributed by atoms with Gasteiger partial charge in [0.25, 0.3) is 5.91 Å². The molecule has 3 aromatic carbocycles. The summed E-state index contributed by atoms with van der Waals surface area (Å²) in [6.07, 6.45) is -0.205. The third kappa shape index (κ3) is 6.08. The first-order valence-corrected chi connectivity index (χ1v) is 12.7. The highest BCUT2D eigenvalue weighted by molar-refractivity contribution is 6.05. The fraction of sp³-hybridized carbons (Fsp3) is 0.276. The van der Waals surface area contributed by atoms with Crippen LogP contribution < -0.4 is 20.7 Å². The van der Waals surface area contributed by atoms with Crippen molar-refractivity contribution in [1.29, 1.82) is 0 Å². The highest BCUT2D eigenvalue weighted by atomic mass is 19.1. The lowest BCUT2D eigenvalue weighted by molar-refractivity contribution is -0.136. The van der Waals surface area contributed by atoms with Crippen molar-refractivity contribution in [1.82, 2.24) is 15.5 Å². The zero-order chi connectivity index (χ0) is 27.4. The molecule has 0 aliphatic carbocycles. The molecule has 0 spiro atoms. The molecule has 2 atom stereocenters. The average molecular weight is 533 g/mol. The number of methoxy groups -OCH3 is 1. The van der Waals surface area contributed by atoms with Crippen LogP contribution in [-0.2, 0) is 34.0 Å². The number of anilines is 1. The van der Waals surface area contributed by atoms with E-state index in [1.807, 2.05) is 54.6 Å². The van der Waals surface area contributed by atoms with Gasteiger partial charge in [-0.25, -0.2) is 4.39 Å². The minimum atomic E-state index is -0.791. The second-order valence-corrected chi connectivity index (χ2v) is 9.45. The molecular formula is C29H29FN4O5. The highest BCUT2D eigenvalue weighted by Crippen LogP contribution is 2.30. The normalized spacial score (nSPS) is 17.5. The second kappa shape index (κ2) is 11.6. The molecule has 2 aliphatic heterocycles. The van der Waals surface area contributed by atoms with Crippen LogP contribution in [0.4, 0.5) is 10.1 Å². The van der Waals surface area contributed by atoms with E-state index in [1.54, 1.807) is 13.2 Å². The van der Waals surface area contributed by atoms with E-state index in [9.17, 15) is 18.8 Å². The molecule has 0 bridgehead atoms. The molecule has 0 saturated carbocycles. The van der Waals surface area contributed by atoms with E-state index in [0.29, 0.717) is 17.7 Å². The molecule has 3 amide bonds. The van der Waals surface area contributed by atoms with Crippen LogP contribution in [0.25, 0.3) is 0 Å². The Balaban J connectivity index is 1.17. The van der Waals surface area contributed by atoms with E-state index in [-0.39, 0.29) is 37.4 Å². The van der Waals surface area contributed by atoms with Gasteiger partial charge in [-0.1, -0.05) is 36.4 Å². The number of nitrogens with one attached hydrogen (secondary N) is 3. The van der Waals surface area contributed by atoms with Crippen molar-refractivity contribution in [2.75, 3.05) is 12.4 Å². The summed E-state index contributed by atoms with van der Waals surface area (Å²) in [5, 5.41) is 8.65. The first-order valence-electron chi connectivity index (χ1n) is 12.7. The second-order valence-electron chi connectivity index (χ2n) is 9.45. The molecule has 10 heteroatoms. The summed E-state index contributed by atoms with van der Waals surface area (Å²) in [7, 11) is 1.54. The molecule has 0 radical (unpaired) electrons. The summed E-state index contributed by atoms with van der Waals surface area (Å²) < 4.78 is 26.3. The molecule has 39 heavy (non-hydrogen) atoms. The van der Waals surface area contributed by atoms with E-state index in [0.717, 1.165) is 17.0 Å². The molecule has 2 unspecified atom stereocenters. The number of nitrogens with zero attached hydrogens (tertiary/aromatic N) is 1. The van der Waals surface area contributed by atoms with Gasteiger partial charge in [0.05, 0.1) is 5.56 Å². The lowest BCUT2D eigenvalue weighted by Crippen LogP contribution is -2.52. The Hall–Kier alpha value is -4.28. The molecule has 202 valence electrons. The van der Waals surface area contributed by atoms with Crippen molar-refractivity contribution in [3.8, 4) is 5.75 Å². The van der Waals surface area contributed by atoms with Crippen molar-refractivity contribution in [2.24, 2.45) is 0 Å². The van der Waals surface area contributed by atoms with Gasteiger partial charge in [-0.05, 0) is 53.4 Å². The number of ether oxygens (including phenoxy) is 2. The largest absolute Gasteiger partial charge is 0.489 e. The fourth-order valence-corrected chi connectivity index (χ4v) is 4.77. The first kappa shape index (κ1) is 26.3. The standard InChI is InChI=1S/C29H29FN4O5/c1-38-29(32-21-7-9-22(10-8-21)39-17-18-5-3-2-4-6-18)31-15-19-13-20-16-34(28(37)26(20)23(30)14-19)24-11-12-25(35)33-27(24)36/h2-10,13-14,24,29,31-32H,11-12,15-17H2,1H3,(H,33,35,36). The van der Waals surface area contributed by atoms with Gasteiger partial charge in [0.15, 0.2) is 6.35 Å². The van der Waals surface area contributed by atoms with Crippen LogP contribution in [0.3, 0.4) is 0 Å². The van der Waals surface area contributed by atoms with Gasteiger partial charge in [0.2, 0.25) is 11.8 Å². The fourth-order valence-electron chi connectivity index (χ4n) is 4.77. The molecule has 3 N–H and O–H groups in total. The molecule has 5 rings (SSSR count). The van der Waals surface area contributed by atoms with E-state index < -0.39 is 30.0 Å². The van der Waals surface area contributed by atoms with Gasteiger partial charge < -0.3 is 19.7 Å². The van der Waals surface area contributed by atoms with Crippen LogP contribution in [0.2, 0.25) is 0 Å². The summed E-state index contributed by atoms with van der Waals surface area (Å²) >= 11 is 0. The Kier molecular flexibility index (Phi) is 7.85. The van der Waals surface area contributed by atoms with Gasteiger partial charge in [-0.15, -0.1) is 0 Å². The number of piperidine rings is 1. The predicted molar refractivity (Wildman–Crippen MR) is 141 cm³/mol. The zero-order valence-corrected chi connectivity index (χ0v) is 21.4. The molecule has 2 aliphatic rings. The Morgan fingerprint density at radius 2 is 1.82 bits per heavy atom. The van der Waals surface area contributed by atoms with Crippen molar-refractivity contribution < 1.29 is 28.2 Å². The molecule has 2 heterocycles. The summed E-state index contributed by atoms with van der Waals surface area (Å²) in [5.74, 6) is -1.34. The summed E-state index contributed by atoms with van der Waals surface area (Å²) in [4.78, 5) is 37.9. The van der Waals surface area contributed by atoms with Gasteiger partial charge in [0.1, 0.15) is 24.2 Å². The van der Waals surface area contributed by atoms with Gasteiger partial charge >= 0.3 is 0 Å². The number of imide groups is 1. The molecule has 9 nitrogen and oxygen atoms in total. The Labute approximate surface area is 225 Å². The first-order chi connectivity index (χ1) is 18.9.